The summed E-state index contributed by atoms with van der Waals surface area (Å²) in [5, 5.41) is 2.75. The Morgan fingerprint density at radius 3 is 2.35 bits per heavy atom. The number of hydrogen-bond donors (Lipinski definition) is 1. The van der Waals surface area contributed by atoms with Gasteiger partial charge in [-0.1, -0.05) is 36.4 Å². The second kappa shape index (κ2) is 12.4. The molecule has 1 amide bonds. The minimum absolute atomic E-state index is 0.0946. The summed E-state index contributed by atoms with van der Waals surface area (Å²) >= 11 is 1.49. The molecule has 0 unspecified atom stereocenters. The Morgan fingerprint density at radius 2 is 1.68 bits per heavy atom. The third-order valence-electron chi connectivity index (χ3n) is 4.84. The number of anilines is 1. The van der Waals surface area contributed by atoms with Crippen molar-refractivity contribution in [2.45, 2.75) is 17.6 Å². The van der Waals surface area contributed by atoms with Crippen LogP contribution in [-0.4, -0.2) is 39.8 Å². The molecule has 0 saturated carbocycles. The van der Waals surface area contributed by atoms with Crippen molar-refractivity contribution in [2.24, 2.45) is 0 Å². The highest BCUT2D eigenvalue weighted by atomic mass is 32.2. The van der Waals surface area contributed by atoms with Crippen molar-refractivity contribution in [2.75, 3.05) is 29.8 Å². The number of carbonyl (C=O) groups is 1. The van der Waals surface area contributed by atoms with Crippen LogP contribution < -0.4 is 14.4 Å². The summed E-state index contributed by atoms with van der Waals surface area (Å²) < 4.78 is 46.9. The number of sulfonamides is 1. The van der Waals surface area contributed by atoms with E-state index in [-0.39, 0.29) is 17.3 Å². The zero-order chi connectivity index (χ0) is 24.4. The molecule has 0 radical (unpaired) electrons. The summed E-state index contributed by atoms with van der Waals surface area (Å²) in [5.41, 5.74) is 0.964. The largest absolute Gasteiger partial charge is 0.494 e. The Morgan fingerprint density at radius 1 is 1.00 bits per heavy atom. The monoisotopic (exact) mass is 502 g/mol. The molecule has 0 saturated heterocycles. The van der Waals surface area contributed by atoms with E-state index in [1.54, 1.807) is 60.7 Å². The number of hydrogen-bond acceptors (Lipinski definition) is 5. The highest BCUT2D eigenvalue weighted by Crippen LogP contribution is 2.25. The summed E-state index contributed by atoms with van der Waals surface area (Å²) in [5.74, 6) is 0.980. The van der Waals surface area contributed by atoms with Gasteiger partial charge in [0.1, 0.15) is 18.1 Å². The number of ether oxygens (including phenoxy) is 1. The molecule has 0 heterocycles. The van der Waals surface area contributed by atoms with Crippen molar-refractivity contribution in [1.29, 1.82) is 0 Å². The molecule has 0 spiro atoms. The molecule has 6 nitrogen and oxygen atoms in total. The van der Waals surface area contributed by atoms with Crippen molar-refractivity contribution in [1.82, 2.24) is 5.32 Å². The number of halogens is 1. The molecular formula is C25H27FN2O4S2. The lowest BCUT2D eigenvalue weighted by molar-refractivity contribution is -0.119. The van der Waals surface area contributed by atoms with E-state index in [4.69, 9.17) is 4.74 Å². The number of nitrogens with one attached hydrogen (secondary N) is 1. The molecule has 0 aliphatic rings. The quantitative estimate of drug-likeness (QED) is 0.370. The molecule has 1 N–H and O–H groups in total. The smallest absolute Gasteiger partial charge is 0.264 e. The van der Waals surface area contributed by atoms with E-state index in [1.165, 1.54) is 30.0 Å². The van der Waals surface area contributed by atoms with Crippen molar-refractivity contribution >= 4 is 33.4 Å². The Bertz CT molecular complexity index is 1170. The van der Waals surface area contributed by atoms with Crippen LogP contribution in [0.3, 0.4) is 0 Å². The van der Waals surface area contributed by atoms with Crippen LogP contribution in [0.25, 0.3) is 0 Å². The first-order valence-corrected chi connectivity index (χ1v) is 13.4. The first kappa shape index (κ1) is 25.6. The molecule has 0 fully saturated rings. The van der Waals surface area contributed by atoms with Gasteiger partial charge in [0.15, 0.2) is 0 Å². The van der Waals surface area contributed by atoms with E-state index < -0.39 is 15.9 Å². The summed E-state index contributed by atoms with van der Waals surface area (Å²) in [4.78, 5) is 12.7. The molecule has 0 bridgehead atoms. The van der Waals surface area contributed by atoms with Crippen LogP contribution in [0.5, 0.6) is 5.75 Å². The Hall–Kier alpha value is -3.04. The Kier molecular flexibility index (Phi) is 9.35. The van der Waals surface area contributed by atoms with E-state index in [1.807, 2.05) is 6.92 Å². The zero-order valence-corrected chi connectivity index (χ0v) is 20.4. The molecule has 0 aromatic heterocycles. The first-order valence-electron chi connectivity index (χ1n) is 10.8. The average molecular weight is 503 g/mol. The fourth-order valence-corrected chi connectivity index (χ4v) is 5.44. The Balaban J connectivity index is 1.65. The van der Waals surface area contributed by atoms with Crippen molar-refractivity contribution in [3.63, 3.8) is 0 Å². The number of nitrogens with zero attached hydrogens (tertiary/aromatic N) is 1. The van der Waals surface area contributed by atoms with E-state index in [9.17, 15) is 17.6 Å². The lowest BCUT2D eigenvalue weighted by Gasteiger charge is -2.24. The van der Waals surface area contributed by atoms with Crippen molar-refractivity contribution in [3.8, 4) is 5.75 Å². The van der Waals surface area contributed by atoms with Gasteiger partial charge in [-0.25, -0.2) is 12.8 Å². The topological polar surface area (TPSA) is 75.7 Å². The molecule has 180 valence electrons. The number of carbonyl (C=O) groups excluding carboxylic acids is 1. The molecule has 0 aliphatic heterocycles. The number of rotatable bonds is 12. The highest BCUT2D eigenvalue weighted by Gasteiger charge is 2.27. The highest BCUT2D eigenvalue weighted by molar-refractivity contribution is 7.98. The van der Waals surface area contributed by atoms with Gasteiger partial charge in [0.05, 0.1) is 17.2 Å². The van der Waals surface area contributed by atoms with Gasteiger partial charge in [-0.2, -0.15) is 11.8 Å². The number of amides is 1. The maximum Gasteiger partial charge on any atom is 0.264 e. The van der Waals surface area contributed by atoms with Gasteiger partial charge in [0.2, 0.25) is 5.91 Å². The van der Waals surface area contributed by atoms with E-state index in [2.05, 4.69) is 5.32 Å². The predicted octanol–water partition coefficient (Wildman–Crippen LogP) is 4.47. The number of thioether (sulfide) groups is 1. The maximum absolute atomic E-state index is 13.7. The van der Waals surface area contributed by atoms with Gasteiger partial charge in [-0.3, -0.25) is 9.10 Å². The normalized spacial score (nSPS) is 11.1. The minimum Gasteiger partial charge on any atom is -0.494 e. The SMILES string of the molecule is CCOc1ccc(N(CC(=O)NCCSCc2ccccc2F)S(=O)(=O)c2ccccc2)cc1. The Labute approximate surface area is 204 Å². The summed E-state index contributed by atoms with van der Waals surface area (Å²) in [6, 6.07) is 21.1. The van der Waals surface area contributed by atoms with Gasteiger partial charge in [0, 0.05) is 18.1 Å². The fourth-order valence-electron chi connectivity index (χ4n) is 3.16. The van der Waals surface area contributed by atoms with Crippen LogP contribution in [0.4, 0.5) is 10.1 Å². The van der Waals surface area contributed by atoms with Crippen LogP contribution in [0.1, 0.15) is 12.5 Å². The van der Waals surface area contributed by atoms with Gasteiger partial charge < -0.3 is 10.1 Å². The summed E-state index contributed by atoms with van der Waals surface area (Å²) in [6.07, 6.45) is 0. The lowest BCUT2D eigenvalue weighted by Crippen LogP contribution is -2.41. The molecule has 3 aromatic carbocycles. The average Bonchev–Trinajstić information content (AvgIpc) is 2.85. The van der Waals surface area contributed by atoms with E-state index in [0.717, 1.165) is 4.31 Å². The second-order valence-corrected chi connectivity index (χ2v) is 10.2. The third kappa shape index (κ3) is 6.98. The molecule has 3 aromatic rings. The third-order valence-corrected chi connectivity index (χ3v) is 7.63. The van der Waals surface area contributed by atoms with Crippen molar-refractivity contribution in [3.05, 3.63) is 90.2 Å². The van der Waals surface area contributed by atoms with Crippen LogP contribution in [0.2, 0.25) is 0 Å². The molecule has 3 rings (SSSR count). The van der Waals surface area contributed by atoms with Crippen LogP contribution in [0.15, 0.2) is 83.8 Å². The summed E-state index contributed by atoms with van der Waals surface area (Å²) in [6.45, 7) is 2.31. The molecular weight excluding hydrogens is 475 g/mol. The van der Waals surface area contributed by atoms with Gasteiger partial charge in [-0.15, -0.1) is 0 Å². The minimum atomic E-state index is -3.97. The first-order chi connectivity index (χ1) is 16.4. The summed E-state index contributed by atoms with van der Waals surface area (Å²) in [7, 11) is -3.97. The van der Waals surface area contributed by atoms with Gasteiger partial charge in [0.25, 0.3) is 10.0 Å². The second-order valence-electron chi connectivity index (χ2n) is 7.25. The van der Waals surface area contributed by atoms with E-state index in [0.29, 0.717) is 41.7 Å². The zero-order valence-electron chi connectivity index (χ0n) is 18.8. The number of benzene rings is 3. The van der Waals surface area contributed by atoms with Crippen LogP contribution >= 0.6 is 11.8 Å². The maximum atomic E-state index is 13.7. The predicted molar refractivity (Wildman–Crippen MR) is 134 cm³/mol. The van der Waals surface area contributed by atoms with Crippen molar-refractivity contribution < 1.29 is 22.3 Å². The molecule has 0 atom stereocenters. The van der Waals surface area contributed by atoms with Gasteiger partial charge in [-0.05, 0) is 55.0 Å². The standard InChI is InChI=1S/C25H27FN2O4S2/c1-2-32-22-14-12-21(13-15-22)28(34(30,31)23-9-4-3-5-10-23)18-25(29)27-16-17-33-19-20-8-6-7-11-24(20)26/h3-15H,2,16-19H2,1H3,(H,27,29). The molecule has 0 aliphatic carbocycles. The van der Waals surface area contributed by atoms with Crippen LogP contribution in [-0.2, 0) is 20.6 Å². The fraction of sp³-hybridized carbons (Fsp3) is 0.240. The molecule has 34 heavy (non-hydrogen) atoms. The lowest BCUT2D eigenvalue weighted by atomic mass is 10.2. The van der Waals surface area contributed by atoms with Gasteiger partial charge >= 0.3 is 0 Å². The van der Waals surface area contributed by atoms with Crippen LogP contribution in [0, 0.1) is 5.82 Å². The van der Waals surface area contributed by atoms with E-state index >= 15 is 0 Å². The molecule has 9 heteroatoms.